The molecule has 5 rings (SSSR count). The van der Waals surface area contributed by atoms with Crippen molar-refractivity contribution in [2.24, 2.45) is 7.05 Å². The van der Waals surface area contributed by atoms with Crippen LogP contribution in [0, 0.1) is 25.5 Å². The number of esters is 1. The van der Waals surface area contributed by atoms with Crippen molar-refractivity contribution in [1.29, 1.82) is 0 Å². The van der Waals surface area contributed by atoms with Crippen LogP contribution in [0.15, 0.2) is 36.5 Å². The summed E-state index contributed by atoms with van der Waals surface area (Å²) >= 11 is 0. The smallest absolute Gasteiger partial charge is 0.388 e. The summed E-state index contributed by atoms with van der Waals surface area (Å²) in [6.07, 6.45) is 2.36. The third-order valence-electron chi connectivity index (χ3n) is 7.49. The normalized spacial score (nSPS) is 20.5. The average Bonchev–Trinajstić information content (AvgIpc) is 3.00. The molecule has 2 atom stereocenters. The number of halogens is 2. The van der Waals surface area contributed by atoms with Gasteiger partial charge in [0.25, 0.3) is 6.04 Å². The van der Waals surface area contributed by atoms with Crippen LogP contribution in [0.1, 0.15) is 66.3 Å². The number of aryl methyl sites for hydroxylation is 2. The molecule has 0 bridgehead atoms. The molecule has 0 spiro atoms. The summed E-state index contributed by atoms with van der Waals surface area (Å²) in [5, 5.41) is 0. The highest BCUT2D eigenvalue weighted by molar-refractivity contribution is 5.86. The fraction of sp³-hybridized carbons (Fsp3) is 0.400. The van der Waals surface area contributed by atoms with E-state index in [4.69, 9.17) is 4.74 Å². The van der Waals surface area contributed by atoms with E-state index in [0.29, 0.717) is 35.4 Å². The molecule has 7 heteroatoms. The number of hydrogen-bond acceptors (Lipinski definition) is 2. The highest BCUT2D eigenvalue weighted by Gasteiger charge is 2.64. The van der Waals surface area contributed by atoms with Crippen LogP contribution < -0.4 is 9.25 Å². The summed E-state index contributed by atoms with van der Waals surface area (Å²) in [4.78, 5) is 13.1. The van der Waals surface area contributed by atoms with Gasteiger partial charge in [0.05, 0.1) is 23.7 Å². The minimum atomic E-state index is -0.710. The van der Waals surface area contributed by atoms with Crippen molar-refractivity contribution in [3.8, 4) is 11.3 Å². The SMILES string of the molecule is CCC1(CC)c2cc(F)cc(F)c2-c2cc(C)cc[n+]2C2OC(=O)c3cc(C)n(C)[n+]3C21. The van der Waals surface area contributed by atoms with Crippen LogP contribution in [0.4, 0.5) is 8.78 Å². The largest absolute Gasteiger partial charge is 0.411 e. The zero-order chi connectivity index (χ0) is 22.9. The van der Waals surface area contributed by atoms with Crippen LogP contribution in [-0.2, 0) is 17.2 Å². The van der Waals surface area contributed by atoms with Gasteiger partial charge >= 0.3 is 17.9 Å². The lowest BCUT2D eigenvalue weighted by molar-refractivity contribution is -0.884. The monoisotopic (exact) mass is 439 g/mol. The highest BCUT2D eigenvalue weighted by Crippen LogP contribution is 2.51. The molecule has 2 aromatic heterocycles. The van der Waals surface area contributed by atoms with Crippen molar-refractivity contribution >= 4 is 5.97 Å². The second kappa shape index (κ2) is 6.95. The molecule has 32 heavy (non-hydrogen) atoms. The first-order valence-electron chi connectivity index (χ1n) is 11.0. The molecule has 0 saturated heterocycles. The maximum absolute atomic E-state index is 15.5. The van der Waals surface area contributed by atoms with Gasteiger partial charge in [-0.15, -0.1) is 0 Å². The van der Waals surface area contributed by atoms with Crippen LogP contribution in [-0.4, -0.2) is 10.7 Å². The maximum Gasteiger partial charge on any atom is 0.411 e. The molecule has 166 valence electrons. The molecule has 5 nitrogen and oxygen atoms in total. The summed E-state index contributed by atoms with van der Waals surface area (Å²) in [7, 11) is 1.91. The molecule has 0 aliphatic carbocycles. The first-order chi connectivity index (χ1) is 15.2. The van der Waals surface area contributed by atoms with E-state index in [1.54, 1.807) is 0 Å². The van der Waals surface area contributed by atoms with Gasteiger partial charge in [0.2, 0.25) is 5.69 Å². The Labute approximate surface area is 185 Å². The van der Waals surface area contributed by atoms with E-state index in [1.807, 2.05) is 73.1 Å². The van der Waals surface area contributed by atoms with Crippen molar-refractivity contribution in [2.45, 2.75) is 58.2 Å². The van der Waals surface area contributed by atoms with E-state index >= 15 is 4.39 Å². The Bertz CT molecular complexity index is 1280. The lowest BCUT2D eigenvalue weighted by Crippen LogP contribution is -2.67. The summed E-state index contributed by atoms with van der Waals surface area (Å²) in [6, 6.07) is 7.62. The number of fused-ring (bicyclic) bond motifs is 7. The van der Waals surface area contributed by atoms with Gasteiger partial charge in [-0.3, -0.25) is 0 Å². The van der Waals surface area contributed by atoms with Crippen LogP contribution in [0.3, 0.4) is 0 Å². The van der Waals surface area contributed by atoms with E-state index in [-0.39, 0.29) is 0 Å². The molecular weight excluding hydrogens is 412 g/mol. The Kier molecular flexibility index (Phi) is 4.52. The molecule has 2 unspecified atom stereocenters. The van der Waals surface area contributed by atoms with Crippen molar-refractivity contribution in [1.82, 2.24) is 4.68 Å². The molecule has 1 aromatic carbocycles. The fourth-order valence-electron chi connectivity index (χ4n) is 5.72. The molecule has 2 aliphatic heterocycles. The Morgan fingerprint density at radius 2 is 1.81 bits per heavy atom. The maximum atomic E-state index is 15.5. The van der Waals surface area contributed by atoms with Crippen LogP contribution >= 0.6 is 0 Å². The van der Waals surface area contributed by atoms with Crippen LogP contribution in [0.5, 0.6) is 0 Å². The third-order valence-corrected chi connectivity index (χ3v) is 7.49. The minimum Gasteiger partial charge on any atom is -0.388 e. The van der Waals surface area contributed by atoms with Gasteiger partial charge in [0.15, 0.2) is 6.20 Å². The van der Waals surface area contributed by atoms with E-state index in [1.165, 1.54) is 6.07 Å². The number of benzene rings is 1. The number of nitrogens with zero attached hydrogens (tertiary/aromatic N) is 3. The number of carbonyl (C=O) groups is 1. The molecule has 3 aromatic rings. The van der Waals surface area contributed by atoms with Gasteiger partial charge < -0.3 is 4.74 Å². The van der Waals surface area contributed by atoms with Gasteiger partial charge in [0.1, 0.15) is 11.6 Å². The minimum absolute atomic E-state index is 0.373. The first-order valence-corrected chi connectivity index (χ1v) is 11.0. The third kappa shape index (κ3) is 2.57. The highest BCUT2D eigenvalue weighted by atomic mass is 19.1. The van der Waals surface area contributed by atoms with Crippen molar-refractivity contribution in [3.63, 3.8) is 0 Å². The van der Waals surface area contributed by atoms with Crippen LogP contribution in [0.25, 0.3) is 11.3 Å². The number of rotatable bonds is 2. The predicted molar refractivity (Wildman–Crippen MR) is 113 cm³/mol. The van der Waals surface area contributed by atoms with Gasteiger partial charge in [-0.25, -0.2) is 13.6 Å². The number of ether oxygens (including phenoxy) is 1. The van der Waals surface area contributed by atoms with E-state index in [0.717, 1.165) is 17.3 Å². The standard InChI is InChI=1S/C25H27F2N3O2/c1-6-25(7-2)17-12-16(26)13-18(27)21(17)19-10-14(3)8-9-29(19)23-22(25)30-20(24(31)32-23)11-15(4)28(30)5/h8-13,22-23H,6-7H2,1-5H3/q+2. The quantitative estimate of drug-likeness (QED) is 0.445. The fourth-order valence-corrected chi connectivity index (χ4v) is 5.72. The number of pyridine rings is 1. The average molecular weight is 440 g/mol. The van der Waals surface area contributed by atoms with E-state index in [2.05, 4.69) is 0 Å². The molecule has 0 radical (unpaired) electrons. The van der Waals surface area contributed by atoms with Gasteiger partial charge in [0, 0.05) is 24.3 Å². The molecule has 0 amide bonds. The Morgan fingerprint density at radius 1 is 1.09 bits per heavy atom. The van der Waals surface area contributed by atoms with Gasteiger partial charge in [-0.1, -0.05) is 18.5 Å². The van der Waals surface area contributed by atoms with Crippen molar-refractivity contribution in [3.05, 3.63) is 70.7 Å². The number of carbonyl (C=O) groups excluding carboxylic acids is 1. The van der Waals surface area contributed by atoms with E-state index < -0.39 is 35.3 Å². The van der Waals surface area contributed by atoms with Crippen molar-refractivity contribution in [2.75, 3.05) is 0 Å². The zero-order valence-electron chi connectivity index (χ0n) is 18.9. The number of hydrogen-bond donors (Lipinski definition) is 0. The lowest BCUT2D eigenvalue weighted by Gasteiger charge is -2.37. The second-order valence-corrected chi connectivity index (χ2v) is 8.95. The first kappa shape index (κ1) is 20.8. The van der Waals surface area contributed by atoms with Gasteiger partial charge in [-0.2, -0.15) is 9.25 Å². The molecule has 0 saturated carbocycles. The molecular formula is C25H27F2N3O2+2. The summed E-state index contributed by atoms with van der Waals surface area (Å²) in [5.74, 6) is -1.64. The number of aromatic nitrogens is 3. The zero-order valence-corrected chi connectivity index (χ0v) is 18.9. The Balaban J connectivity index is 1.98. The molecule has 2 aliphatic rings. The van der Waals surface area contributed by atoms with Crippen LogP contribution in [0.2, 0.25) is 0 Å². The topological polar surface area (TPSA) is 39.0 Å². The summed E-state index contributed by atoms with van der Waals surface area (Å²) in [5.41, 5.74) is 3.18. The summed E-state index contributed by atoms with van der Waals surface area (Å²) in [6.45, 7) is 7.93. The summed E-state index contributed by atoms with van der Waals surface area (Å²) < 4.78 is 42.0. The predicted octanol–water partition coefficient (Wildman–Crippen LogP) is 4.14. The second-order valence-electron chi connectivity index (χ2n) is 8.95. The van der Waals surface area contributed by atoms with Gasteiger partial charge in [-0.05, 0) is 43.9 Å². The van der Waals surface area contributed by atoms with E-state index in [9.17, 15) is 9.18 Å². The Hall–Kier alpha value is -3.09. The molecule has 0 fully saturated rings. The molecule has 4 heterocycles. The lowest BCUT2D eigenvalue weighted by atomic mass is 9.68. The van der Waals surface area contributed by atoms with Crippen molar-refractivity contribution < 1.29 is 27.6 Å². The Morgan fingerprint density at radius 3 is 2.50 bits per heavy atom. The molecule has 0 N–H and O–H groups in total.